The highest BCUT2D eigenvalue weighted by Crippen LogP contribution is 2.38. The number of phenolic OH excluding ortho intramolecular Hbond substituents is 1. The lowest BCUT2D eigenvalue weighted by molar-refractivity contribution is -0.118. The fraction of sp³-hybridized carbons (Fsp3) is 0.0455. The van der Waals surface area contributed by atoms with E-state index in [0.717, 1.165) is 6.07 Å². The van der Waals surface area contributed by atoms with Gasteiger partial charge in [-0.05, 0) is 30.3 Å². The Morgan fingerprint density at radius 1 is 0.931 bits per heavy atom. The molecule has 0 atom stereocenters. The minimum absolute atomic E-state index is 0.0720. The van der Waals surface area contributed by atoms with E-state index in [4.69, 9.17) is 4.74 Å². The number of nitrogens with one attached hydrogen (secondary N) is 1. The number of carbonyl (C=O) groups is 3. The van der Waals surface area contributed by atoms with Crippen LogP contribution in [-0.2, 0) is 4.79 Å². The highest BCUT2D eigenvalue weighted by Gasteiger charge is 2.33. The van der Waals surface area contributed by atoms with Gasteiger partial charge in [0.05, 0.1) is 5.56 Å². The van der Waals surface area contributed by atoms with Gasteiger partial charge in [-0.1, -0.05) is 30.3 Å². The number of hydrogen-bond donors (Lipinski definition) is 2. The predicted octanol–water partition coefficient (Wildman–Crippen LogP) is 3.32. The molecule has 6 nitrogen and oxygen atoms in total. The molecule has 3 aromatic carbocycles. The zero-order valence-electron chi connectivity index (χ0n) is 14.9. The minimum Gasteiger partial charge on any atom is -0.504 e. The first-order valence-corrected chi connectivity index (χ1v) is 8.68. The fourth-order valence-electron chi connectivity index (χ4n) is 3.17. The molecule has 0 aromatic heterocycles. The molecule has 0 bridgehead atoms. The molecule has 144 valence electrons. The second-order valence-corrected chi connectivity index (χ2v) is 6.39. The van der Waals surface area contributed by atoms with Crippen LogP contribution in [0.5, 0.6) is 11.5 Å². The van der Waals surface area contributed by atoms with Gasteiger partial charge in [0.25, 0.3) is 5.91 Å². The van der Waals surface area contributed by atoms with E-state index >= 15 is 0 Å². The van der Waals surface area contributed by atoms with Gasteiger partial charge >= 0.3 is 0 Å². The summed E-state index contributed by atoms with van der Waals surface area (Å²) in [6.07, 6.45) is 0. The van der Waals surface area contributed by atoms with E-state index in [1.54, 1.807) is 18.2 Å². The average Bonchev–Trinajstić information content (AvgIpc) is 2.71. The Hall–Kier alpha value is -4.00. The van der Waals surface area contributed by atoms with Gasteiger partial charge in [0, 0.05) is 22.4 Å². The summed E-state index contributed by atoms with van der Waals surface area (Å²) in [5.74, 6) is -2.57. The standard InChI is InChI=1S/C22H14FNO5/c23-12-4-3-5-13(10-12)24-18(25)11-29-17-9-8-16-19(22(17)28)21(27)15-7-2-1-6-14(15)20(16)26/h1-10,28H,11H2,(H,24,25). The van der Waals surface area contributed by atoms with Gasteiger partial charge in [0.1, 0.15) is 5.82 Å². The Balaban J connectivity index is 1.55. The van der Waals surface area contributed by atoms with Crippen LogP contribution in [0.4, 0.5) is 10.1 Å². The van der Waals surface area contributed by atoms with Crippen LogP contribution in [0.3, 0.4) is 0 Å². The quantitative estimate of drug-likeness (QED) is 0.557. The average molecular weight is 391 g/mol. The number of amides is 1. The van der Waals surface area contributed by atoms with Crippen LogP contribution in [0.15, 0.2) is 60.7 Å². The number of fused-ring (bicyclic) bond motifs is 2. The molecule has 1 aliphatic carbocycles. The van der Waals surface area contributed by atoms with E-state index in [9.17, 15) is 23.9 Å². The second-order valence-electron chi connectivity index (χ2n) is 6.39. The molecule has 0 aliphatic heterocycles. The molecule has 4 rings (SSSR count). The molecule has 0 saturated heterocycles. The largest absolute Gasteiger partial charge is 0.504 e. The maximum atomic E-state index is 13.2. The summed E-state index contributed by atoms with van der Waals surface area (Å²) in [4.78, 5) is 37.4. The van der Waals surface area contributed by atoms with Crippen molar-refractivity contribution in [1.29, 1.82) is 0 Å². The van der Waals surface area contributed by atoms with E-state index < -0.39 is 29.9 Å². The number of ketones is 2. The third-order valence-corrected chi connectivity index (χ3v) is 4.50. The molecule has 0 fully saturated rings. The van der Waals surface area contributed by atoms with Crippen molar-refractivity contribution < 1.29 is 28.6 Å². The molecule has 2 N–H and O–H groups in total. The second kappa shape index (κ2) is 7.20. The number of carbonyl (C=O) groups excluding carboxylic acids is 3. The summed E-state index contributed by atoms with van der Waals surface area (Å²) in [7, 11) is 0. The lowest BCUT2D eigenvalue weighted by atomic mass is 9.83. The Bertz CT molecular complexity index is 1170. The molecule has 0 heterocycles. The first-order chi connectivity index (χ1) is 14.0. The SMILES string of the molecule is O=C(COc1ccc2c(c1O)C(=O)c1ccccc1C2=O)Nc1cccc(F)c1. The van der Waals surface area contributed by atoms with Crippen molar-refractivity contribution in [2.24, 2.45) is 0 Å². The summed E-state index contributed by atoms with van der Waals surface area (Å²) < 4.78 is 18.5. The van der Waals surface area contributed by atoms with Crippen LogP contribution in [0, 0.1) is 5.82 Å². The lowest BCUT2D eigenvalue weighted by Gasteiger charge is -2.19. The van der Waals surface area contributed by atoms with Crippen LogP contribution >= 0.6 is 0 Å². The zero-order chi connectivity index (χ0) is 20.5. The zero-order valence-corrected chi connectivity index (χ0v) is 14.9. The maximum absolute atomic E-state index is 13.2. The number of halogens is 1. The summed E-state index contributed by atoms with van der Waals surface area (Å²) in [6.45, 7) is -0.485. The molecule has 0 unspecified atom stereocenters. The number of rotatable bonds is 4. The van der Waals surface area contributed by atoms with Gasteiger partial charge in [-0.25, -0.2) is 4.39 Å². The van der Waals surface area contributed by atoms with E-state index in [0.29, 0.717) is 0 Å². The van der Waals surface area contributed by atoms with Crippen molar-refractivity contribution in [1.82, 2.24) is 0 Å². The lowest BCUT2D eigenvalue weighted by Crippen LogP contribution is -2.22. The number of aromatic hydroxyl groups is 1. The van der Waals surface area contributed by atoms with Crippen LogP contribution < -0.4 is 10.1 Å². The highest BCUT2D eigenvalue weighted by atomic mass is 19.1. The Kier molecular flexibility index (Phi) is 4.56. The van der Waals surface area contributed by atoms with Crippen LogP contribution in [0.1, 0.15) is 31.8 Å². The predicted molar refractivity (Wildman–Crippen MR) is 102 cm³/mol. The number of anilines is 1. The number of phenols is 1. The molecule has 29 heavy (non-hydrogen) atoms. The normalized spacial score (nSPS) is 12.2. The van der Waals surface area contributed by atoms with Gasteiger partial charge in [0.15, 0.2) is 29.7 Å². The Morgan fingerprint density at radius 2 is 1.66 bits per heavy atom. The van der Waals surface area contributed by atoms with Crippen molar-refractivity contribution in [2.75, 3.05) is 11.9 Å². The minimum atomic E-state index is -0.583. The molecule has 0 spiro atoms. The van der Waals surface area contributed by atoms with Gasteiger partial charge in [-0.2, -0.15) is 0 Å². The molecular weight excluding hydrogens is 377 g/mol. The van der Waals surface area contributed by atoms with E-state index in [1.165, 1.54) is 36.4 Å². The van der Waals surface area contributed by atoms with Crippen molar-refractivity contribution in [3.05, 3.63) is 88.7 Å². The van der Waals surface area contributed by atoms with Crippen molar-refractivity contribution in [2.45, 2.75) is 0 Å². The van der Waals surface area contributed by atoms with Gasteiger partial charge in [-0.3, -0.25) is 14.4 Å². The Labute approximate surface area is 164 Å². The first-order valence-electron chi connectivity index (χ1n) is 8.68. The van der Waals surface area contributed by atoms with Crippen molar-refractivity contribution in [3.8, 4) is 11.5 Å². The van der Waals surface area contributed by atoms with E-state index in [1.807, 2.05) is 0 Å². The smallest absolute Gasteiger partial charge is 0.262 e. The third-order valence-electron chi connectivity index (χ3n) is 4.50. The molecule has 3 aromatic rings. The number of ether oxygens (including phenoxy) is 1. The Morgan fingerprint density at radius 3 is 2.38 bits per heavy atom. The number of hydrogen-bond acceptors (Lipinski definition) is 5. The van der Waals surface area contributed by atoms with E-state index in [-0.39, 0.29) is 39.5 Å². The van der Waals surface area contributed by atoms with Crippen molar-refractivity contribution >= 4 is 23.2 Å². The first kappa shape index (κ1) is 18.4. The van der Waals surface area contributed by atoms with Crippen LogP contribution in [0.2, 0.25) is 0 Å². The van der Waals surface area contributed by atoms with Gasteiger partial charge in [0.2, 0.25) is 0 Å². The fourth-order valence-corrected chi connectivity index (χ4v) is 3.17. The molecule has 7 heteroatoms. The third kappa shape index (κ3) is 3.34. The maximum Gasteiger partial charge on any atom is 0.262 e. The van der Waals surface area contributed by atoms with E-state index in [2.05, 4.69) is 5.32 Å². The van der Waals surface area contributed by atoms with Gasteiger partial charge < -0.3 is 15.2 Å². The monoisotopic (exact) mass is 391 g/mol. The van der Waals surface area contributed by atoms with Gasteiger partial charge in [-0.15, -0.1) is 0 Å². The molecule has 1 amide bonds. The summed E-state index contributed by atoms with van der Waals surface area (Å²) in [5, 5.41) is 13.0. The molecule has 0 saturated carbocycles. The number of benzene rings is 3. The summed E-state index contributed by atoms with van der Waals surface area (Å²) in [5.41, 5.74) is 0.638. The van der Waals surface area contributed by atoms with Crippen molar-refractivity contribution in [3.63, 3.8) is 0 Å². The topological polar surface area (TPSA) is 92.7 Å². The molecular formula is C22H14FNO5. The summed E-state index contributed by atoms with van der Waals surface area (Å²) in [6, 6.07) is 14.4. The van der Waals surface area contributed by atoms with Crippen LogP contribution in [0.25, 0.3) is 0 Å². The molecule has 0 radical (unpaired) electrons. The van der Waals surface area contributed by atoms with Crippen LogP contribution in [-0.4, -0.2) is 29.2 Å². The summed E-state index contributed by atoms with van der Waals surface area (Å²) >= 11 is 0. The molecule has 1 aliphatic rings. The highest BCUT2D eigenvalue weighted by molar-refractivity contribution is 6.29.